The van der Waals surface area contributed by atoms with Crippen LogP contribution in [-0.4, -0.2) is 45.0 Å². The van der Waals surface area contributed by atoms with Gasteiger partial charge in [-0.25, -0.2) is 13.8 Å². The van der Waals surface area contributed by atoms with E-state index in [-0.39, 0.29) is 43.7 Å². The molecule has 1 aliphatic carbocycles. The van der Waals surface area contributed by atoms with Gasteiger partial charge in [-0.1, -0.05) is 12.1 Å². The molecule has 35 heavy (non-hydrogen) atoms. The van der Waals surface area contributed by atoms with Crippen LogP contribution in [0.3, 0.4) is 0 Å². The third kappa shape index (κ3) is 6.37. The number of benzene rings is 1. The van der Waals surface area contributed by atoms with Crippen molar-refractivity contribution in [2.24, 2.45) is 17.6 Å². The molecule has 4 N–H and O–H groups in total. The molecule has 0 radical (unpaired) electrons. The van der Waals surface area contributed by atoms with Crippen molar-refractivity contribution in [2.45, 2.75) is 56.6 Å². The maximum absolute atomic E-state index is 13.6. The van der Waals surface area contributed by atoms with Gasteiger partial charge in [0.25, 0.3) is 5.91 Å². The highest BCUT2D eigenvalue weighted by Crippen LogP contribution is 2.40. The zero-order valence-corrected chi connectivity index (χ0v) is 19.9. The number of aliphatic hydroxyl groups excluding tert-OH is 1. The van der Waals surface area contributed by atoms with Gasteiger partial charge in [0.1, 0.15) is 5.69 Å². The molecule has 10 heteroatoms. The fourth-order valence-corrected chi connectivity index (χ4v) is 5.37. The van der Waals surface area contributed by atoms with Crippen LogP contribution >= 0.6 is 11.3 Å². The van der Waals surface area contributed by atoms with E-state index >= 15 is 0 Å². The van der Waals surface area contributed by atoms with Crippen molar-refractivity contribution in [3.8, 4) is 0 Å². The number of hydrogen-bond acceptors (Lipinski definition) is 6. The lowest BCUT2D eigenvalue weighted by Gasteiger charge is -2.34. The molecule has 0 aliphatic heterocycles. The molecule has 1 saturated carbocycles. The number of halogens is 2. The van der Waals surface area contributed by atoms with Gasteiger partial charge in [0.2, 0.25) is 11.8 Å². The number of fused-ring (bicyclic) bond motifs is 1. The highest BCUT2D eigenvalue weighted by molar-refractivity contribution is 7.07. The lowest BCUT2D eigenvalue weighted by molar-refractivity contribution is -0.127. The number of rotatable bonds is 9. The summed E-state index contributed by atoms with van der Waals surface area (Å²) in [5.74, 6) is -4.95. The van der Waals surface area contributed by atoms with E-state index in [9.17, 15) is 23.5 Å². The Balaban J connectivity index is 1.50. The van der Waals surface area contributed by atoms with Crippen LogP contribution in [0.1, 0.15) is 48.2 Å². The predicted molar refractivity (Wildman–Crippen MR) is 129 cm³/mol. The van der Waals surface area contributed by atoms with Crippen molar-refractivity contribution in [3.05, 3.63) is 58.5 Å². The Morgan fingerprint density at radius 2 is 1.91 bits per heavy atom. The number of aromatic nitrogens is 2. The number of carbonyl (C=O) groups is 2. The first-order valence-corrected chi connectivity index (χ1v) is 12.5. The van der Waals surface area contributed by atoms with Gasteiger partial charge in [0.05, 0.1) is 29.4 Å². The van der Waals surface area contributed by atoms with Crippen LogP contribution in [0, 0.1) is 11.8 Å². The summed E-state index contributed by atoms with van der Waals surface area (Å²) < 4.78 is 27.2. The van der Waals surface area contributed by atoms with Gasteiger partial charge < -0.3 is 16.2 Å². The number of amides is 2. The summed E-state index contributed by atoms with van der Waals surface area (Å²) in [6, 6.07) is 8.32. The maximum atomic E-state index is 13.6. The standard InChI is InChI=1S/C25H28F2N4O3S/c26-25(27)8-5-16(6-9-25)17(23(28)33)12-22(32)20(11-15-7-10-35-14-15)31-24(34)21-13-29-18-3-1-2-4-19(18)30-21/h1-4,7,10,13-14,16-17,20,22,32H,5-6,8-9,11-12H2,(H2,28,33)(H,31,34). The molecule has 0 saturated heterocycles. The molecule has 3 aromatic rings. The summed E-state index contributed by atoms with van der Waals surface area (Å²) in [5.41, 5.74) is 7.86. The van der Waals surface area contributed by atoms with Crippen molar-refractivity contribution in [2.75, 3.05) is 0 Å². The second-order valence-electron chi connectivity index (χ2n) is 9.16. The van der Waals surface area contributed by atoms with Gasteiger partial charge >= 0.3 is 0 Å². The molecule has 1 fully saturated rings. The van der Waals surface area contributed by atoms with Gasteiger partial charge in [-0.05, 0) is 66.1 Å². The highest BCUT2D eigenvalue weighted by Gasteiger charge is 2.40. The Labute approximate surface area is 205 Å². The molecule has 0 spiro atoms. The molecule has 3 atom stereocenters. The Hall–Kier alpha value is -2.98. The first-order chi connectivity index (χ1) is 16.7. The number of nitrogens with zero attached hydrogens (tertiary/aromatic N) is 2. The minimum absolute atomic E-state index is 0.0238. The lowest BCUT2D eigenvalue weighted by Crippen LogP contribution is -2.47. The highest BCUT2D eigenvalue weighted by atomic mass is 32.1. The van der Waals surface area contributed by atoms with Crippen LogP contribution in [0.4, 0.5) is 8.78 Å². The fraction of sp³-hybridized carbons (Fsp3) is 0.440. The van der Waals surface area contributed by atoms with E-state index in [0.717, 1.165) is 5.56 Å². The van der Waals surface area contributed by atoms with Gasteiger partial charge in [0, 0.05) is 18.8 Å². The Morgan fingerprint density at radius 3 is 2.57 bits per heavy atom. The predicted octanol–water partition coefficient (Wildman–Crippen LogP) is 3.71. The number of alkyl halides is 2. The molecule has 1 aliphatic rings. The smallest absolute Gasteiger partial charge is 0.271 e. The van der Waals surface area contributed by atoms with Gasteiger partial charge in [-0.15, -0.1) is 0 Å². The van der Waals surface area contributed by atoms with E-state index in [1.165, 1.54) is 17.5 Å². The van der Waals surface area contributed by atoms with E-state index in [0.29, 0.717) is 17.5 Å². The summed E-state index contributed by atoms with van der Waals surface area (Å²) in [6.45, 7) is 0. The number of para-hydroxylation sites is 2. The molecule has 1 aromatic carbocycles. The average Bonchev–Trinajstić information content (AvgIpc) is 3.35. The van der Waals surface area contributed by atoms with Gasteiger partial charge in [0.15, 0.2) is 0 Å². The number of hydrogen-bond donors (Lipinski definition) is 3. The molecular formula is C25H28F2N4O3S. The van der Waals surface area contributed by atoms with E-state index in [1.54, 1.807) is 18.2 Å². The van der Waals surface area contributed by atoms with Crippen LogP contribution in [-0.2, 0) is 11.2 Å². The zero-order valence-electron chi connectivity index (χ0n) is 19.1. The maximum Gasteiger partial charge on any atom is 0.271 e. The largest absolute Gasteiger partial charge is 0.391 e. The number of nitrogens with one attached hydrogen (secondary N) is 1. The molecule has 2 heterocycles. The quantitative estimate of drug-likeness (QED) is 0.412. The van der Waals surface area contributed by atoms with Crippen molar-refractivity contribution in [1.82, 2.24) is 15.3 Å². The third-order valence-electron chi connectivity index (χ3n) is 6.69. The van der Waals surface area contributed by atoms with Crippen LogP contribution in [0.2, 0.25) is 0 Å². The SMILES string of the molecule is NC(=O)C(CC(O)C(Cc1ccsc1)NC(=O)c1cnc2ccccc2n1)C1CCC(F)(F)CC1. The van der Waals surface area contributed by atoms with E-state index < -0.39 is 35.8 Å². The number of thiophene rings is 1. The monoisotopic (exact) mass is 502 g/mol. The minimum Gasteiger partial charge on any atom is -0.391 e. The van der Waals surface area contributed by atoms with Gasteiger partial charge in [-0.3, -0.25) is 14.6 Å². The van der Waals surface area contributed by atoms with E-state index in [1.807, 2.05) is 22.9 Å². The molecule has 186 valence electrons. The zero-order chi connectivity index (χ0) is 25.0. The molecule has 2 aromatic heterocycles. The third-order valence-corrected chi connectivity index (χ3v) is 7.42. The van der Waals surface area contributed by atoms with Crippen LogP contribution in [0.5, 0.6) is 0 Å². The normalized spacial score (nSPS) is 18.6. The van der Waals surface area contributed by atoms with Crippen LogP contribution < -0.4 is 11.1 Å². The fourth-order valence-electron chi connectivity index (χ4n) is 4.69. The summed E-state index contributed by atoms with van der Waals surface area (Å²) >= 11 is 1.49. The van der Waals surface area contributed by atoms with Crippen molar-refractivity contribution in [1.29, 1.82) is 0 Å². The summed E-state index contributed by atoms with van der Waals surface area (Å²) in [4.78, 5) is 33.9. The molecule has 3 unspecified atom stereocenters. The van der Waals surface area contributed by atoms with Gasteiger partial charge in [-0.2, -0.15) is 11.3 Å². The molecule has 4 rings (SSSR count). The summed E-state index contributed by atoms with van der Waals surface area (Å²) in [7, 11) is 0. The van der Waals surface area contributed by atoms with Crippen LogP contribution in [0.25, 0.3) is 11.0 Å². The molecule has 0 bridgehead atoms. The Bertz CT molecular complexity index is 1160. The second kappa shape index (κ2) is 10.7. The number of aliphatic hydroxyl groups is 1. The average molecular weight is 503 g/mol. The number of carbonyl (C=O) groups excluding carboxylic acids is 2. The topological polar surface area (TPSA) is 118 Å². The lowest BCUT2D eigenvalue weighted by atomic mass is 9.75. The van der Waals surface area contributed by atoms with Crippen molar-refractivity contribution >= 4 is 34.2 Å². The second-order valence-corrected chi connectivity index (χ2v) is 9.94. The van der Waals surface area contributed by atoms with Crippen molar-refractivity contribution in [3.63, 3.8) is 0 Å². The molecule has 2 amide bonds. The van der Waals surface area contributed by atoms with E-state index in [2.05, 4.69) is 15.3 Å². The minimum atomic E-state index is -2.73. The number of primary amides is 1. The number of nitrogens with two attached hydrogens (primary N) is 1. The van der Waals surface area contributed by atoms with Crippen molar-refractivity contribution < 1.29 is 23.5 Å². The van der Waals surface area contributed by atoms with Crippen LogP contribution in [0.15, 0.2) is 47.3 Å². The Kier molecular flexibility index (Phi) is 7.71. The summed E-state index contributed by atoms with van der Waals surface area (Å²) in [5, 5.41) is 17.8. The van der Waals surface area contributed by atoms with E-state index in [4.69, 9.17) is 5.73 Å². The Morgan fingerprint density at radius 1 is 1.20 bits per heavy atom. The first kappa shape index (κ1) is 25.1. The molecule has 7 nitrogen and oxygen atoms in total. The first-order valence-electron chi connectivity index (χ1n) is 11.6. The summed E-state index contributed by atoms with van der Waals surface area (Å²) in [6.07, 6.45) is 0.298. The molecular weight excluding hydrogens is 474 g/mol.